The highest BCUT2D eigenvalue weighted by atomic mass is 16.5. The van der Waals surface area contributed by atoms with Crippen molar-refractivity contribution in [1.29, 1.82) is 0 Å². The average Bonchev–Trinajstić information content (AvgIpc) is 2.71. The first-order chi connectivity index (χ1) is 7.49. The summed E-state index contributed by atoms with van der Waals surface area (Å²) in [4.78, 5) is 29.2. The molecule has 1 rings (SSSR count). The van der Waals surface area contributed by atoms with Crippen molar-refractivity contribution in [2.24, 2.45) is 0 Å². The molecule has 1 heterocycles. The molecule has 1 aliphatic rings. The molecule has 0 aromatic heterocycles. The Hall–Kier alpha value is -1.63. The molecule has 7 nitrogen and oxygen atoms in total. The highest BCUT2D eigenvalue weighted by Crippen LogP contribution is 2.05. The Morgan fingerprint density at radius 1 is 1.31 bits per heavy atom. The van der Waals surface area contributed by atoms with Crippen molar-refractivity contribution >= 4 is 17.9 Å². The lowest BCUT2D eigenvalue weighted by Gasteiger charge is -2.07. The van der Waals surface area contributed by atoms with E-state index in [0.717, 1.165) is 19.4 Å². The number of carbonyl (C=O) groups is 3. The van der Waals surface area contributed by atoms with Gasteiger partial charge in [0.05, 0.1) is 6.61 Å². The van der Waals surface area contributed by atoms with Crippen LogP contribution in [0.25, 0.3) is 0 Å². The summed E-state index contributed by atoms with van der Waals surface area (Å²) in [6, 6.07) is -0.0278. The lowest BCUT2D eigenvalue weighted by atomic mass is 10.2. The molecule has 0 aromatic rings. The van der Waals surface area contributed by atoms with Gasteiger partial charge >= 0.3 is 17.9 Å². The Morgan fingerprint density at radius 3 is 2.19 bits per heavy atom. The maximum atomic E-state index is 11.0. The van der Waals surface area contributed by atoms with E-state index in [0.29, 0.717) is 6.61 Å². The minimum Gasteiger partial charge on any atom is -0.473 e. The lowest BCUT2D eigenvalue weighted by Crippen LogP contribution is -2.32. The summed E-state index contributed by atoms with van der Waals surface area (Å²) in [5.74, 6) is -3.75. The van der Waals surface area contributed by atoms with Crippen LogP contribution in [-0.2, 0) is 19.1 Å². The number of nitrogens with one attached hydrogen (secondary N) is 1. The zero-order chi connectivity index (χ0) is 12.6. The standard InChI is InChI=1S/C7H13NO2.C2H2O4/c1-2-10-7(9)6-4-3-5-8-6;3-1(4)2(5)6/h6,8H,2-5H2,1H3;(H,3,4)(H,5,6)/t6-;/m0./s1. The lowest BCUT2D eigenvalue weighted by molar-refractivity contribution is -0.159. The van der Waals surface area contributed by atoms with Crippen molar-refractivity contribution < 1.29 is 29.3 Å². The molecule has 1 atom stereocenters. The molecule has 0 spiro atoms. The molecule has 1 aliphatic heterocycles. The summed E-state index contributed by atoms with van der Waals surface area (Å²) >= 11 is 0. The first-order valence-corrected chi connectivity index (χ1v) is 4.85. The van der Waals surface area contributed by atoms with Gasteiger partial charge < -0.3 is 20.3 Å². The number of esters is 1. The fourth-order valence-electron chi connectivity index (χ4n) is 1.13. The molecular weight excluding hydrogens is 218 g/mol. The third kappa shape index (κ3) is 5.97. The Morgan fingerprint density at radius 2 is 1.88 bits per heavy atom. The van der Waals surface area contributed by atoms with E-state index in [1.165, 1.54) is 0 Å². The number of hydrogen-bond acceptors (Lipinski definition) is 5. The second kappa shape index (κ2) is 7.63. The maximum Gasteiger partial charge on any atom is 0.414 e. The topological polar surface area (TPSA) is 113 Å². The van der Waals surface area contributed by atoms with Crippen molar-refractivity contribution in [1.82, 2.24) is 5.32 Å². The van der Waals surface area contributed by atoms with Crippen LogP contribution < -0.4 is 5.32 Å². The number of aliphatic carboxylic acids is 2. The largest absolute Gasteiger partial charge is 0.473 e. The van der Waals surface area contributed by atoms with Gasteiger partial charge in [-0.2, -0.15) is 0 Å². The molecule has 0 unspecified atom stereocenters. The van der Waals surface area contributed by atoms with Crippen molar-refractivity contribution in [3.05, 3.63) is 0 Å². The molecular formula is C9H15NO6. The van der Waals surface area contributed by atoms with E-state index in [9.17, 15) is 4.79 Å². The van der Waals surface area contributed by atoms with Gasteiger partial charge in [0.1, 0.15) is 6.04 Å². The van der Waals surface area contributed by atoms with E-state index < -0.39 is 11.9 Å². The quantitative estimate of drug-likeness (QED) is 0.433. The first-order valence-electron chi connectivity index (χ1n) is 4.85. The van der Waals surface area contributed by atoms with Crippen LogP contribution in [0.4, 0.5) is 0 Å². The fourth-order valence-corrected chi connectivity index (χ4v) is 1.13. The number of ether oxygens (including phenoxy) is 1. The predicted octanol–water partition coefficient (Wildman–Crippen LogP) is -0.543. The maximum absolute atomic E-state index is 11.0. The second-order valence-corrected chi connectivity index (χ2v) is 3.01. The predicted molar refractivity (Wildman–Crippen MR) is 52.9 cm³/mol. The summed E-state index contributed by atoms with van der Waals surface area (Å²) in [6.45, 7) is 3.26. The van der Waals surface area contributed by atoms with E-state index in [1.807, 2.05) is 6.92 Å². The molecule has 0 radical (unpaired) electrons. The summed E-state index contributed by atoms with van der Waals surface area (Å²) in [5.41, 5.74) is 0. The smallest absolute Gasteiger partial charge is 0.414 e. The van der Waals surface area contributed by atoms with Crippen LogP contribution in [0, 0.1) is 0 Å². The fraction of sp³-hybridized carbons (Fsp3) is 0.667. The minimum atomic E-state index is -1.82. The van der Waals surface area contributed by atoms with Gasteiger partial charge in [0.2, 0.25) is 0 Å². The third-order valence-electron chi connectivity index (χ3n) is 1.81. The number of hydrogen-bond donors (Lipinski definition) is 3. The van der Waals surface area contributed by atoms with E-state index >= 15 is 0 Å². The normalized spacial score (nSPS) is 18.2. The number of carboxylic acid groups (broad SMARTS) is 2. The zero-order valence-corrected chi connectivity index (χ0v) is 8.93. The van der Waals surface area contributed by atoms with Crippen LogP contribution in [0.15, 0.2) is 0 Å². The summed E-state index contributed by atoms with van der Waals surface area (Å²) < 4.78 is 4.82. The van der Waals surface area contributed by atoms with Crippen molar-refractivity contribution in [2.45, 2.75) is 25.8 Å². The molecule has 0 aliphatic carbocycles. The number of carbonyl (C=O) groups excluding carboxylic acids is 1. The van der Waals surface area contributed by atoms with Gasteiger partial charge in [-0.15, -0.1) is 0 Å². The molecule has 3 N–H and O–H groups in total. The van der Waals surface area contributed by atoms with E-state index in [-0.39, 0.29) is 12.0 Å². The average molecular weight is 233 g/mol. The van der Waals surface area contributed by atoms with E-state index in [4.69, 9.17) is 24.5 Å². The Labute approximate surface area is 92.4 Å². The molecule has 1 fully saturated rings. The van der Waals surface area contributed by atoms with Gasteiger partial charge in [0.15, 0.2) is 0 Å². The highest BCUT2D eigenvalue weighted by molar-refractivity contribution is 6.27. The van der Waals surface area contributed by atoms with Gasteiger partial charge in [0, 0.05) is 0 Å². The second-order valence-electron chi connectivity index (χ2n) is 3.01. The van der Waals surface area contributed by atoms with E-state index in [1.54, 1.807) is 0 Å². The Bertz CT molecular complexity index is 247. The van der Waals surface area contributed by atoms with Gasteiger partial charge in [-0.1, -0.05) is 0 Å². The van der Waals surface area contributed by atoms with Gasteiger partial charge in [0.25, 0.3) is 0 Å². The van der Waals surface area contributed by atoms with Crippen LogP contribution in [0.2, 0.25) is 0 Å². The van der Waals surface area contributed by atoms with Crippen LogP contribution in [0.3, 0.4) is 0 Å². The highest BCUT2D eigenvalue weighted by Gasteiger charge is 2.22. The van der Waals surface area contributed by atoms with Gasteiger partial charge in [-0.25, -0.2) is 9.59 Å². The SMILES string of the molecule is CCOC(=O)[C@@H]1CCCN1.O=C(O)C(=O)O. The molecule has 0 bridgehead atoms. The van der Waals surface area contributed by atoms with Crippen LogP contribution >= 0.6 is 0 Å². The van der Waals surface area contributed by atoms with Crippen molar-refractivity contribution in [3.63, 3.8) is 0 Å². The summed E-state index contributed by atoms with van der Waals surface area (Å²) in [7, 11) is 0. The number of rotatable bonds is 2. The summed E-state index contributed by atoms with van der Waals surface area (Å²) in [6.07, 6.45) is 2.02. The molecule has 0 amide bonds. The molecule has 0 aromatic carbocycles. The van der Waals surface area contributed by atoms with Crippen molar-refractivity contribution in [2.75, 3.05) is 13.2 Å². The molecule has 1 saturated heterocycles. The van der Waals surface area contributed by atoms with Crippen molar-refractivity contribution in [3.8, 4) is 0 Å². The van der Waals surface area contributed by atoms with Crippen LogP contribution in [0.5, 0.6) is 0 Å². The Kier molecular flexibility index (Phi) is 6.86. The summed E-state index contributed by atoms with van der Waals surface area (Å²) in [5, 5.41) is 17.8. The molecule has 7 heteroatoms. The molecule has 16 heavy (non-hydrogen) atoms. The molecule has 0 saturated carbocycles. The minimum absolute atomic E-state index is 0.0278. The monoisotopic (exact) mass is 233 g/mol. The zero-order valence-electron chi connectivity index (χ0n) is 8.93. The Balaban J connectivity index is 0.000000325. The molecule has 92 valence electrons. The van der Waals surface area contributed by atoms with Crippen LogP contribution in [-0.4, -0.2) is 47.3 Å². The van der Waals surface area contributed by atoms with Gasteiger partial charge in [-0.3, -0.25) is 4.79 Å². The van der Waals surface area contributed by atoms with Crippen LogP contribution in [0.1, 0.15) is 19.8 Å². The third-order valence-corrected chi connectivity index (χ3v) is 1.81. The number of carboxylic acids is 2. The van der Waals surface area contributed by atoms with Gasteiger partial charge in [-0.05, 0) is 26.3 Å². The van der Waals surface area contributed by atoms with E-state index in [2.05, 4.69) is 5.32 Å². The first kappa shape index (κ1) is 14.4.